The van der Waals surface area contributed by atoms with Crippen molar-refractivity contribution in [2.24, 2.45) is 11.7 Å². The van der Waals surface area contributed by atoms with Crippen LogP contribution in [0.25, 0.3) is 0 Å². The fraction of sp³-hybridized carbons (Fsp3) is 0.636. The number of rotatable bonds is 7. The largest absolute Gasteiger partial charge is 0.452 e. The van der Waals surface area contributed by atoms with E-state index in [1.165, 1.54) is 13.2 Å². The molecule has 1 aromatic rings. The molecule has 0 fully saturated rings. The van der Waals surface area contributed by atoms with E-state index in [9.17, 15) is 8.42 Å². The Kier molecular flexibility index (Phi) is 6.00. The van der Waals surface area contributed by atoms with Crippen LogP contribution in [0.5, 0.6) is 0 Å². The van der Waals surface area contributed by atoms with Crippen molar-refractivity contribution in [3.63, 3.8) is 0 Å². The van der Waals surface area contributed by atoms with Crippen molar-refractivity contribution < 1.29 is 17.6 Å². The smallest absolute Gasteiger partial charge is 0.245 e. The summed E-state index contributed by atoms with van der Waals surface area (Å²) in [6.45, 7) is 4.28. The Morgan fingerprint density at radius 2 is 2.16 bits per heavy atom. The normalized spacial score (nSPS) is 14.0. The van der Waals surface area contributed by atoms with E-state index in [0.29, 0.717) is 12.4 Å². The molecule has 0 saturated carbocycles. The number of hydrogen-bond acceptors (Lipinski definition) is 5. The molecule has 0 aliphatic rings. The molecule has 0 aliphatic heterocycles. The van der Waals surface area contributed by atoms with E-state index < -0.39 is 10.0 Å². The third-order valence-electron chi connectivity index (χ3n) is 2.65. The molecule has 1 atom stereocenters. The highest BCUT2D eigenvalue weighted by atomic mass is 79.9. The summed E-state index contributed by atoms with van der Waals surface area (Å²) in [6, 6.07) is 1.11. The van der Waals surface area contributed by atoms with Crippen LogP contribution in [0.4, 0.5) is 0 Å². The van der Waals surface area contributed by atoms with Crippen LogP contribution in [-0.4, -0.2) is 28.2 Å². The average Bonchev–Trinajstić information content (AvgIpc) is 2.70. The molecule has 6 nitrogen and oxygen atoms in total. The maximum Gasteiger partial charge on any atom is 0.245 e. The number of nitrogens with two attached hydrogens (primary N) is 1. The minimum atomic E-state index is -3.67. The van der Waals surface area contributed by atoms with Gasteiger partial charge in [0.1, 0.15) is 10.7 Å². The third kappa shape index (κ3) is 4.28. The molecule has 19 heavy (non-hydrogen) atoms. The van der Waals surface area contributed by atoms with Crippen LogP contribution in [-0.2, 0) is 21.3 Å². The Hall–Kier alpha value is -0.410. The van der Waals surface area contributed by atoms with Gasteiger partial charge in [0.25, 0.3) is 0 Å². The summed E-state index contributed by atoms with van der Waals surface area (Å²) in [5.41, 5.74) is 5.42. The van der Waals surface area contributed by atoms with E-state index in [1.807, 2.05) is 13.8 Å². The minimum Gasteiger partial charge on any atom is -0.452 e. The highest BCUT2D eigenvalue weighted by Crippen LogP contribution is 2.26. The summed E-state index contributed by atoms with van der Waals surface area (Å²) in [7, 11) is -2.14. The van der Waals surface area contributed by atoms with Gasteiger partial charge in [-0.05, 0) is 21.8 Å². The Morgan fingerprint density at radius 3 is 2.58 bits per heavy atom. The van der Waals surface area contributed by atoms with E-state index in [2.05, 4.69) is 20.7 Å². The lowest BCUT2D eigenvalue weighted by Crippen LogP contribution is -2.41. The van der Waals surface area contributed by atoms with Gasteiger partial charge in [-0.1, -0.05) is 13.8 Å². The van der Waals surface area contributed by atoms with Gasteiger partial charge in [0, 0.05) is 19.2 Å². The number of sulfonamides is 1. The van der Waals surface area contributed by atoms with Gasteiger partial charge in [0.05, 0.1) is 13.2 Å². The Morgan fingerprint density at radius 1 is 1.53 bits per heavy atom. The molecule has 0 aliphatic carbocycles. The lowest BCUT2D eigenvalue weighted by atomic mass is 10.1. The second-order valence-electron chi connectivity index (χ2n) is 4.48. The Bertz CT molecular complexity index is 513. The minimum absolute atomic E-state index is 0.0507. The zero-order valence-electron chi connectivity index (χ0n) is 11.1. The lowest BCUT2D eigenvalue weighted by molar-refractivity contribution is 0.157. The van der Waals surface area contributed by atoms with E-state index >= 15 is 0 Å². The van der Waals surface area contributed by atoms with Gasteiger partial charge >= 0.3 is 0 Å². The number of nitrogens with one attached hydrogen (secondary N) is 1. The van der Waals surface area contributed by atoms with Crippen LogP contribution in [0.1, 0.15) is 19.6 Å². The first-order valence-electron chi connectivity index (χ1n) is 5.81. The molecule has 1 aromatic heterocycles. The topological polar surface area (TPSA) is 94.6 Å². The van der Waals surface area contributed by atoms with Crippen molar-refractivity contribution in [1.29, 1.82) is 0 Å². The molecule has 0 radical (unpaired) electrons. The molecular formula is C11H19BrN2O4S. The summed E-state index contributed by atoms with van der Waals surface area (Å²) in [4.78, 5) is 0.0507. The molecule has 3 N–H and O–H groups in total. The standard InChI is InChI=1S/C11H19BrN2O4S/c1-7(2)9(6-17-3)14-19(15,16)10-4-8(5-13)18-11(10)12/h4,7,9,14H,5-6,13H2,1-3H3. The molecule has 1 heterocycles. The van der Waals surface area contributed by atoms with Crippen molar-refractivity contribution in [3.8, 4) is 0 Å². The van der Waals surface area contributed by atoms with Crippen LogP contribution in [0.3, 0.4) is 0 Å². The van der Waals surface area contributed by atoms with Crippen molar-refractivity contribution in [2.75, 3.05) is 13.7 Å². The van der Waals surface area contributed by atoms with Crippen LogP contribution >= 0.6 is 15.9 Å². The van der Waals surface area contributed by atoms with Gasteiger partial charge in [0.2, 0.25) is 10.0 Å². The fourth-order valence-corrected chi connectivity index (χ4v) is 3.85. The van der Waals surface area contributed by atoms with E-state index in [1.54, 1.807) is 0 Å². The quantitative estimate of drug-likeness (QED) is 0.772. The number of hydrogen-bond donors (Lipinski definition) is 2. The van der Waals surface area contributed by atoms with Gasteiger partial charge in [0.15, 0.2) is 4.67 Å². The number of ether oxygens (including phenoxy) is 1. The molecule has 0 aromatic carbocycles. The predicted octanol–water partition coefficient (Wildman–Crippen LogP) is 1.45. The summed E-state index contributed by atoms with van der Waals surface area (Å²) < 4.78 is 37.5. The van der Waals surface area contributed by atoms with Crippen molar-refractivity contribution in [1.82, 2.24) is 4.72 Å². The lowest BCUT2D eigenvalue weighted by Gasteiger charge is -2.20. The monoisotopic (exact) mass is 354 g/mol. The maximum absolute atomic E-state index is 12.3. The molecule has 0 bridgehead atoms. The number of halogens is 1. The molecule has 0 saturated heterocycles. The predicted molar refractivity (Wildman–Crippen MR) is 75.1 cm³/mol. The summed E-state index contributed by atoms with van der Waals surface area (Å²) in [5, 5.41) is 0. The highest BCUT2D eigenvalue weighted by Gasteiger charge is 2.26. The molecule has 110 valence electrons. The van der Waals surface area contributed by atoms with Crippen LogP contribution in [0, 0.1) is 5.92 Å². The first-order valence-corrected chi connectivity index (χ1v) is 8.09. The zero-order chi connectivity index (χ0) is 14.6. The van der Waals surface area contributed by atoms with E-state index in [4.69, 9.17) is 14.9 Å². The van der Waals surface area contributed by atoms with Crippen LogP contribution in [0.2, 0.25) is 0 Å². The fourth-order valence-electron chi connectivity index (χ4n) is 1.49. The first kappa shape index (κ1) is 16.6. The van der Waals surface area contributed by atoms with Gasteiger partial charge in [-0.2, -0.15) is 0 Å². The first-order chi connectivity index (χ1) is 8.81. The second kappa shape index (κ2) is 6.85. The van der Waals surface area contributed by atoms with Crippen LogP contribution < -0.4 is 10.5 Å². The van der Waals surface area contributed by atoms with E-state index in [-0.39, 0.29) is 28.1 Å². The number of furan rings is 1. The van der Waals surface area contributed by atoms with Gasteiger partial charge in [-0.15, -0.1) is 0 Å². The highest BCUT2D eigenvalue weighted by molar-refractivity contribution is 9.10. The van der Waals surface area contributed by atoms with Gasteiger partial charge in [-0.3, -0.25) is 0 Å². The number of methoxy groups -OCH3 is 1. The van der Waals surface area contributed by atoms with Crippen molar-refractivity contribution in [2.45, 2.75) is 31.3 Å². The Labute approximate surface area is 121 Å². The average molecular weight is 355 g/mol. The molecule has 8 heteroatoms. The molecule has 0 amide bonds. The van der Waals surface area contributed by atoms with E-state index in [0.717, 1.165) is 0 Å². The molecule has 0 spiro atoms. The summed E-state index contributed by atoms with van der Waals surface area (Å²) >= 11 is 3.09. The Balaban J connectivity index is 2.99. The van der Waals surface area contributed by atoms with Crippen molar-refractivity contribution >= 4 is 26.0 Å². The maximum atomic E-state index is 12.3. The molecular weight excluding hydrogens is 336 g/mol. The molecule has 1 unspecified atom stereocenters. The SMILES string of the molecule is COCC(NS(=O)(=O)c1cc(CN)oc1Br)C(C)C. The molecule has 1 rings (SSSR count). The van der Waals surface area contributed by atoms with Crippen molar-refractivity contribution in [3.05, 3.63) is 16.5 Å². The second-order valence-corrected chi connectivity index (χ2v) is 6.88. The zero-order valence-corrected chi connectivity index (χ0v) is 13.5. The summed E-state index contributed by atoms with van der Waals surface area (Å²) in [5.74, 6) is 0.509. The van der Waals surface area contributed by atoms with Crippen LogP contribution in [0.15, 0.2) is 20.0 Å². The third-order valence-corrected chi connectivity index (χ3v) is 5.00. The van der Waals surface area contributed by atoms with Gasteiger partial charge < -0.3 is 14.9 Å². The van der Waals surface area contributed by atoms with Gasteiger partial charge in [-0.25, -0.2) is 13.1 Å². The summed E-state index contributed by atoms with van der Waals surface area (Å²) in [6.07, 6.45) is 0.